The molecule has 0 aromatic heterocycles. The number of hydrogen-bond acceptors (Lipinski definition) is 5. The molecule has 2 aromatic rings. The molecule has 7 heteroatoms. The number of methoxy groups -OCH3 is 1. The van der Waals surface area contributed by atoms with E-state index in [-0.39, 0.29) is 5.60 Å². The molecule has 2 N–H and O–H groups in total. The zero-order chi connectivity index (χ0) is 20.6. The number of likely N-dealkylation sites (tertiary alicyclic amines) is 1. The van der Waals surface area contributed by atoms with E-state index in [0.717, 1.165) is 42.8 Å². The average molecular weight is 438 g/mol. The van der Waals surface area contributed by atoms with Crippen molar-refractivity contribution in [1.82, 2.24) is 4.90 Å². The minimum absolute atomic E-state index is 0.385. The Balaban J connectivity index is 1.40. The summed E-state index contributed by atoms with van der Waals surface area (Å²) in [7, 11) is 1.62. The summed E-state index contributed by atoms with van der Waals surface area (Å²) < 4.78 is 11.7. The van der Waals surface area contributed by atoms with E-state index in [9.17, 15) is 10.2 Å². The van der Waals surface area contributed by atoms with Gasteiger partial charge in [0.15, 0.2) is 0 Å². The molecule has 2 heterocycles. The fourth-order valence-corrected chi connectivity index (χ4v) is 4.57. The number of benzene rings is 2. The van der Waals surface area contributed by atoms with Crippen LogP contribution in [0.5, 0.6) is 11.5 Å². The summed E-state index contributed by atoms with van der Waals surface area (Å²) in [4.78, 5) is 2.22. The van der Waals surface area contributed by atoms with Crippen molar-refractivity contribution in [3.8, 4) is 11.5 Å². The van der Waals surface area contributed by atoms with Gasteiger partial charge in [-0.3, -0.25) is 0 Å². The Kier molecular flexibility index (Phi) is 5.96. The molecule has 0 aliphatic carbocycles. The topological polar surface area (TPSA) is 62.2 Å². The van der Waals surface area contributed by atoms with Crippen LogP contribution in [0.4, 0.5) is 0 Å². The van der Waals surface area contributed by atoms with E-state index in [1.807, 2.05) is 18.2 Å². The molecule has 1 spiro atoms. The van der Waals surface area contributed by atoms with Gasteiger partial charge in [0.25, 0.3) is 0 Å². The van der Waals surface area contributed by atoms with Crippen molar-refractivity contribution in [3.05, 3.63) is 57.6 Å². The van der Waals surface area contributed by atoms with Crippen LogP contribution in [0.3, 0.4) is 0 Å². The lowest BCUT2D eigenvalue weighted by Crippen LogP contribution is -2.51. The van der Waals surface area contributed by atoms with E-state index in [0.29, 0.717) is 28.8 Å². The Morgan fingerprint density at radius 3 is 2.62 bits per heavy atom. The lowest BCUT2D eigenvalue weighted by molar-refractivity contribution is -0.0588. The van der Waals surface area contributed by atoms with Crippen LogP contribution in [0.25, 0.3) is 0 Å². The van der Waals surface area contributed by atoms with Crippen molar-refractivity contribution in [3.63, 3.8) is 0 Å². The summed E-state index contributed by atoms with van der Waals surface area (Å²) >= 11 is 12.0. The molecule has 0 bridgehead atoms. The number of halogens is 2. The smallest absolute Gasteiger partial charge is 0.129 e. The van der Waals surface area contributed by atoms with Crippen molar-refractivity contribution in [1.29, 1.82) is 0 Å². The van der Waals surface area contributed by atoms with E-state index in [4.69, 9.17) is 32.7 Å². The molecule has 2 aliphatic heterocycles. The second-order valence-corrected chi connectivity index (χ2v) is 8.71. The van der Waals surface area contributed by atoms with Gasteiger partial charge in [-0.1, -0.05) is 29.3 Å². The highest BCUT2D eigenvalue weighted by atomic mass is 35.5. The Hall–Kier alpha value is -1.50. The number of fused-ring (bicyclic) bond motifs is 1. The molecular weight excluding hydrogens is 413 g/mol. The molecule has 2 aliphatic rings. The number of hydrogen-bond donors (Lipinski definition) is 2. The third-order valence-corrected chi connectivity index (χ3v) is 6.74. The number of ether oxygens (including phenoxy) is 2. The second-order valence-electron chi connectivity index (χ2n) is 7.90. The van der Waals surface area contributed by atoms with Crippen LogP contribution in [0.1, 0.15) is 42.6 Å². The van der Waals surface area contributed by atoms with Gasteiger partial charge in [-0.2, -0.15) is 0 Å². The summed E-state index contributed by atoms with van der Waals surface area (Å²) in [6.45, 7) is 2.08. The van der Waals surface area contributed by atoms with Gasteiger partial charge in [-0.05, 0) is 42.7 Å². The first-order valence-electron chi connectivity index (χ1n) is 9.79. The molecule has 0 unspecified atom stereocenters. The molecule has 1 fully saturated rings. The van der Waals surface area contributed by atoms with Crippen LogP contribution in [0.2, 0.25) is 10.0 Å². The van der Waals surface area contributed by atoms with Gasteiger partial charge in [0, 0.05) is 37.7 Å². The molecule has 4 rings (SSSR count). The summed E-state index contributed by atoms with van der Waals surface area (Å²) in [6.07, 6.45) is 0.971. The minimum atomic E-state index is -0.637. The lowest BCUT2D eigenvalue weighted by Gasteiger charge is -2.46. The normalized spacial score (nSPS) is 22.0. The summed E-state index contributed by atoms with van der Waals surface area (Å²) in [5.74, 6) is 1.42. The molecule has 0 radical (unpaired) electrons. The highest BCUT2D eigenvalue weighted by Crippen LogP contribution is 2.45. The number of piperidine rings is 1. The highest BCUT2D eigenvalue weighted by molar-refractivity contribution is 6.42. The van der Waals surface area contributed by atoms with Crippen LogP contribution in [-0.4, -0.2) is 47.5 Å². The second kappa shape index (κ2) is 8.32. The monoisotopic (exact) mass is 437 g/mol. The van der Waals surface area contributed by atoms with Crippen LogP contribution in [-0.2, 0) is 0 Å². The van der Waals surface area contributed by atoms with Crippen molar-refractivity contribution >= 4 is 23.2 Å². The van der Waals surface area contributed by atoms with Crippen LogP contribution < -0.4 is 9.47 Å². The van der Waals surface area contributed by atoms with Crippen molar-refractivity contribution in [2.45, 2.75) is 37.1 Å². The van der Waals surface area contributed by atoms with Crippen molar-refractivity contribution < 1.29 is 19.7 Å². The minimum Gasteiger partial charge on any atom is -0.497 e. The quantitative estimate of drug-likeness (QED) is 0.742. The van der Waals surface area contributed by atoms with Gasteiger partial charge in [-0.25, -0.2) is 0 Å². The third-order valence-electron chi connectivity index (χ3n) is 6.00. The summed E-state index contributed by atoms with van der Waals surface area (Å²) in [5.41, 5.74) is 1.18. The Labute approximate surface area is 180 Å². The number of aliphatic hydroxyl groups excluding tert-OH is 2. The van der Waals surface area contributed by atoms with Gasteiger partial charge in [-0.15, -0.1) is 0 Å². The maximum atomic E-state index is 10.7. The first-order chi connectivity index (χ1) is 13.9. The van der Waals surface area contributed by atoms with E-state index in [1.165, 1.54) is 0 Å². The predicted molar refractivity (Wildman–Crippen MR) is 113 cm³/mol. The molecule has 0 amide bonds. The predicted octanol–water partition coefficient (Wildman–Crippen LogP) is 4.39. The number of rotatable bonds is 4. The zero-order valence-corrected chi connectivity index (χ0v) is 17.8. The van der Waals surface area contributed by atoms with Gasteiger partial charge in [0.1, 0.15) is 17.1 Å². The Morgan fingerprint density at radius 2 is 1.93 bits per heavy atom. The lowest BCUT2D eigenvalue weighted by atomic mass is 9.81. The molecule has 5 nitrogen and oxygen atoms in total. The fourth-order valence-electron chi connectivity index (χ4n) is 4.26. The molecular formula is C22H25Cl2NO4. The van der Waals surface area contributed by atoms with E-state index in [1.54, 1.807) is 25.3 Å². The van der Waals surface area contributed by atoms with Crippen LogP contribution in [0.15, 0.2) is 36.4 Å². The number of β-amino-alcohol motifs (C(OH)–C–C–N with tert-alkyl or cyclic N) is 1. The van der Waals surface area contributed by atoms with Crippen LogP contribution in [0, 0.1) is 0 Å². The van der Waals surface area contributed by atoms with Gasteiger partial charge >= 0.3 is 0 Å². The molecule has 156 valence electrons. The largest absolute Gasteiger partial charge is 0.497 e. The molecule has 0 saturated carbocycles. The first kappa shape index (κ1) is 20.8. The maximum absolute atomic E-state index is 10.7. The van der Waals surface area contributed by atoms with Gasteiger partial charge < -0.3 is 24.6 Å². The average Bonchev–Trinajstić information content (AvgIpc) is 2.71. The zero-order valence-electron chi connectivity index (χ0n) is 16.3. The molecule has 1 saturated heterocycles. The van der Waals surface area contributed by atoms with Crippen molar-refractivity contribution in [2.75, 3.05) is 26.7 Å². The van der Waals surface area contributed by atoms with E-state index in [2.05, 4.69) is 4.90 Å². The number of nitrogens with zero attached hydrogens (tertiary/aromatic N) is 1. The van der Waals surface area contributed by atoms with Crippen molar-refractivity contribution in [2.24, 2.45) is 0 Å². The van der Waals surface area contributed by atoms with Gasteiger partial charge in [0.2, 0.25) is 0 Å². The Bertz CT molecular complexity index is 883. The summed E-state index contributed by atoms with van der Waals surface area (Å²) in [5, 5.41) is 22.2. The SMILES string of the molecule is COc1ccc2c(c1)OC1(CCN(C[C@H](O)c3ccc(Cl)c(Cl)c3)CC1)C[C@@H]2O. The molecule has 29 heavy (non-hydrogen) atoms. The molecule has 2 aromatic carbocycles. The number of aliphatic hydroxyl groups is 2. The Morgan fingerprint density at radius 1 is 1.17 bits per heavy atom. The van der Waals surface area contributed by atoms with Crippen LogP contribution >= 0.6 is 23.2 Å². The first-order valence-corrected chi connectivity index (χ1v) is 10.6. The fraction of sp³-hybridized carbons (Fsp3) is 0.455. The van der Waals surface area contributed by atoms with E-state index < -0.39 is 12.2 Å². The van der Waals surface area contributed by atoms with Gasteiger partial charge in [0.05, 0.1) is 29.4 Å². The maximum Gasteiger partial charge on any atom is 0.129 e. The molecule has 2 atom stereocenters. The standard InChI is InChI=1S/C22H25Cl2NO4/c1-28-15-3-4-16-19(26)12-22(29-21(16)11-15)6-8-25(9-7-22)13-20(27)14-2-5-17(23)18(24)10-14/h2-5,10-11,19-20,26-27H,6-9,12-13H2,1H3/t19-,20-/m0/s1. The van der Waals surface area contributed by atoms with E-state index >= 15 is 0 Å². The third kappa shape index (κ3) is 4.35. The highest BCUT2D eigenvalue weighted by Gasteiger charge is 2.43. The summed E-state index contributed by atoms with van der Waals surface area (Å²) in [6, 6.07) is 10.8.